The highest BCUT2D eigenvalue weighted by Gasteiger charge is 2.50. The maximum atomic E-state index is 13.3. The van der Waals surface area contributed by atoms with Crippen LogP contribution in [0.2, 0.25) is 0 Å². The number of guanidine groups is 1. The Hall–Kier alpha value is -3.09. The molecule has 1 aromatic carbocycles. The first-order chi connectivity index (χ1) is 12.9. The molecule has 1 unspecified atom stereocenters. The predicted molar refractivity (Wildman–Crippen MR) is 103 cm³/mol. The van der Waals surface area contributed by atoms with Crippen molar-refractivity contribution in [2.75, 3.05) is 14.2 Å². The molecule has 0 aliphatic carbocycles. The van der Waals surface area contributed by atoms with Gasteiger partial charge in [0.2, 0.25) is 0 Å². The van der Waals surface area contributed by atoms with Crippen molar-refractivity contribution in [1.29, 1.82) is 0 Å². The number of rotatable bonds is 6. The highest BCUT2D eigenvalue weighted by molar-refractivity contribution is 6.09. The number of nitrogens with two attached hydrogens (primary N) is 1. The number of aryl methyl sites for hydroxylation is 1. The fourth-order valence-corrected chi connectivity index (χ4v) is 3.42. The number of benzene rings is 1. The summed E-state index contributed by atoms with van der Waals surface area (Å²) in [6.07, 6.45) is 2.20. The third-order valence-electron chi connectivity index (χ3n) is 4.99. The van der Waals surface area contributed by atoms with E-state index in [4.69, 9.17) is 10.5 Å². The van der Waals surface area contributed by atoms with Gasteiger partial charge in [-0.2, -0.15) is 0 Å². The molecule has 2 N–H and O–H groups in total. The Labute approximate surface area is 158 Å². The Morgan fingerprint density at radius 3 is 2.56 bits per heavy atom. The number of carbonyl (C=O) groups excluding carboxylic acids is 2. The van der Waals surface area contributed by atoms with Gasteiger partial charge in [0.15, 0.2) is 17.3 Å². The number of hydrogen-bond donors (Lipinski definition) is 1. The van der Waals surface area contributed by atoms with Crippen LogP contribution in [0, 0.1) is 0 Å². The van der Waals surface area contributed by atoms with E-state index in [9.17, 15) is 9.59 Å². The molecule has 1 amide bonds. The third-order valence-corrected chi connectivity index (χ3v) is 4.99. The van der Waals surface area contributed by atoms with Crippen LogP contribution in [-0.4, -0.2) is 41.3 Å². The highest BCUT2D eigenvalue weighted by atomic mass is 16.5. The summed E-state index contributed by atoms with van der Waals surface area (Å²) in [5, 5.41) is 0. The van der Waals surface area contributed by atoms with Crippen molar-refractivity contribution >= 4 is 17.6 Å². The number of Topliss-reactive ketones (excluding diaryl/α,β-unsaturated/α-hetero) is 1. The summed E-state index contributed by atoms with van der Waals surface area (Å²) in [5.74, 6) is 0.495. The predicted octanol–water partition coefficient (Wildman–Crippen LogP) is 2.14. The van der Waals surface area contributed by atoms with Crippen LogP contribution >= 0.6 is 0 Å². The highest BCUT2D eigenvalue weighted by Crippen LogP contribution is 2.41. The van der Waals surface area contributed by atoms with Gasteiger partial charge in [-0.25, -0.2) is 4.99 Å². The Morgan fingerprint density at radius 1 is 1.26 bits per heavy atom. The zero-order valence-electron chi connectivity index (χ0n) is 16.0. The number of likely N-dealkylation sites (N-methyl/N-ethyl adjacent to an activating group) is 1. The largest absolute Gasteiger partial charge is 0.497 e. The first-order valence-electron chi connectivity index (χ1n) is 8.90. The smallest absolute Gasteiger partial charge is 0.266 e. The van der Waals surface area contributed by atoms with Crippen molar-refractivity contribution < 1.29 is 14.3 Å². The van der Waals surface area contributed by atoms with Crippen LogP contribution < -0.4 is 10.5 Å². The first kappa shape index (κ1) is 18.7. The Bertz CT molecular complexity index is 931. The van der Waals surface area contributed by atoms with Gasteiger partial charge in [-0.15, -0.1) is 0 Å². The number of nitrogens with zero attached hydrogens (tertiary/aromatic N) is 3. The lowest BCUT2D eigenvalue weighted by Crippen LogP contribution is -2.41. The van der Waals surface area contributed by atoms with Gasteiger partial charge >= 0.3 is 0 Å². The van der Waals surface area contributed by atoms with Crippen molar-refractivity contribution in [1.82, 2.24) is 9.47 Å². The third kappa shape index (κ3) is 2.79. The van der Waals surface area contributed by atoms with Crippen molar-refractivity contribution in [2.45, 2.75) is 32.4 Å². The molecule has 0 spiro atoms. The molecule has 1 atom stereocenters. The molecule has 0 saturated heterocycles. The van der Waals surface area contributed by atoms with E-state index in [0.29, 0.717) is 35.5 Å². The number of ketones is 1. The van der Waals surface area contributed by atoms with Gasteiger partial charge in [0, 0.05) is 31.8 Å². The van der Waals surface area contributed by atoms with E-state index in [-0.39, 0.29) is 17.6 Å². The van der Waals surface area contributed by atoms with E-state index in [2.05, 4.69) is 4.99 Å². The molecule has 2 aromatic rings. The number of carbonyl (C=O) groups is 2. The maximum absolute atomic E-state index is 13.3. The van der Waals surface area contributed by atoms with E-state index in [0.717, 1.165) is 0 Å². The average Bonchev–Trinajstić information content (AvgIpc) is 3.23. The Morgan fingerprint density at radius 2 is 2.00 bits per heavy atom. The molecule has 0 saturated carbocycles. The summed E-state index contributed by atoms with van der Waals surface area (Å²) in [5.41, 5.74) is 6.49. The van der Waals surface area contributed by atoms with Gasteiger partial charge in [0.1, 0.15) is 5.75 Å². The standard InChI is InChI=1S/C20H24N4O3/c1-5-17(25)16-11-14(12-24(16)6-2)20(18(26)23(3)19(21)22-20)13-8-7-9-15(10-13)27-4/h7-12H,5-6H2,1-4H3,(H2,21,22). The molecule has 0 fully saturated rings. The van der Waals surface area contributed by atoms with Crippen molar-refractivity contribution in [2.24, 2.45) is 10.7 Å². The molecule has 27 heavy (non-hydrogen) atoms. The van der Waals surface area contributed by atoms with Crippen LogP contribution in [-0.2, 0) is 16.9 Å². The van der Waals surface area contributed by atoms with Gasteiger partial charge in [0.05, 0.1) is 12.8 Å². The lowest BCUT2D eigenvalue weighted by Gasteiger charge is -2.25. The molecule has 1 aliphatic heterocycles. The molecule has 3 rings (SSSR count). The minimum atomic E-state index is -1.34. The monoisotopic (exact) mass is 368 g/mol. The number of amides is 1. The van der Waals surface area contributed by atoms with Gasteiger partial charge < -0.3 is 15.0 Å². The SMILES string of the molecule is CCC(=O)c1cc(C2(c3cccc(OC)c3)N=C(N)N(C)C2=O)cn1CC. The summed E-state index contributed by atoms with van der Waals surface area (Å²) in [6.45, 7) is 4.38. The Balaban J connectivity index is 2.28. The molecule has 2 heterocycles. The topological polar surface area (TPSA) is 89.9 Å². The summed E-state index contributed by atoms with van der Waals surface area (Å²) in [7, 11) is 3.16. The number of aromatic nitrogens is 1. The van der Waals surface area contributed by atoms with Crippen LogP contribution in [0.5, 0.6) is 5.75 Å². The molecule has 1 aliphatic rings. The minimum Gasteiger partial charge on any atom is -0.497 e. The van der Waals surface area contributed by atoms with Crippen LogP contribution in [0.4, 0.5) is 0 Å². The normalized spacial score (nSPS) is 19.3. The number of ether oxygens (including phenoxy) is 1. The minimum absolute atomic E-state index is 0.0136. The summed E-state index contributed by atoms with van der Waals surface area (Å²) in [4.78, 5) is 31.6. The maximum Gasteiger partial charge on any atom is 0.266 e. The molecular formula is C20H24N4O3. The molecule has 1 aromatic heterocycles. The van der Waals surface area contributed by atoms with Crippen molar-refractivity contribution in [3.8, 4) is 5.75 Å². The van der Waals surface area contributed by atoms with E-state index in [1.807, 2.05) is 36.7 Å². The average molecular weight is 368 g/mol. The lowest BCUT2D eigenvalue weighted by molar-refractivity contribution is -0.129. The van der Waals surface area contributed by atoms with E-state index < -0.39 is 5.54 Å². The first-order valence-corrected chi connectivity index (χ1v) is 8.90. The summed E-state index contributed by atoms with van der Waals surface area (Å²) < 4.78 is 7.17. The number of aliphatic imine (C=N–C) groups is 1. The molecule has 7 heteroatoms. The fraction of sp³-hybridized carbons (Fsp3) is 0.350. The van der Waals surface area contributed by atoms with E-state index in [1.165, 1.54) is 4.90 Å². The van der Waals surface area contributed by atoms with Crippen LogP contribution in [0.25, 0.3) is 0 Å². The molecular weight excluding hydrogens is 344 g/mol. The quantitative estimate of drug-likeness (QED) is 0.791. The van der Waals surface area contributed by atoms with Crippen LogP contribution in [0.3, 0.4) is 0 Å². The second-order valence-electron chi connectivity index (χ2n) is 6.45. The van der Waals surface area contributed by atoms with Gasteiger partial charge in [0.25, 0.3) is 5.91 Å². The zero-order valence-corrected chi connectivity index (χ0v) is 16.0. The van der Waals surface area contributed by atoms with Gasteiger partial charge in [-0.3, -0.25) is 14.5 Å². The fourth-order valence-electron chi connectivity index (χ4n) is 3.42. The summed E-state index contributed by atoms with van der Waals surface area (Å²) in [6, 6.07) is 8.96. The number of hydrogen-bond acceptors (Lipinski definition) is 5. The van der Waals surface area contributed by atoms with Crippen LogP contribution in [0.1, 0.15) is 41.9 Å². The number of methoxy groups -OCH3 is 1. The van der Waals surface area contributed by atoms with Crippen molar-refractivity contribution in [3.63, 3.8) is 0 Å². The van der Waals surface area contributed by atoms with Gasteiger partial charge in [-0.05, 0) is 30.7 Å². The second-order valence-corrected chi connectivity index (χ2v) is 6.45. The van der Waals surface area contributed by atoms with Crippen LogP contribution in [0.15, 0.2) is 41.5 Å². The molecule has 0 radical (unpaired) electrons. The van der Waals surface area contributed by atoms with E-state index in [1.54, 1.807) is 32.4 Å². The zero-order chi connectivity index (χ0) is 19.8. The Kier molecular flexibility index (Phi) is 4.78. The van der Waals surface area contributed by atoms with Gasteiger partial charge in [-0.1, -0.05) is 19.1 Å². The lowest BCUT2D eigenvalue weighted by atomic mass is 9.84. The van der Waals surface area contributed by atoms with Crippen molar-refractivity contribution in [3.05, 3.63) is 53.3 Å². The summed E-state index contributed by atoms with van der Waals surface area (Å²) >= 11 is 0. The van der Waals surface area contributed by atoms with E-state index >= 15 is 0 Å². The molecule has 7 nitrogen and oxygen atoms in total. The molecule has 142 valence electrons. The molecule has 0 bridgehead atoms. The second kappa shape index (κ2) is 6.90.